The van der Waals surface area contributed by atoms with Gasteiger partial charge in [-0.2, -0.15) is 0 Å². The Bertz CT molecular complexity index is 587. The largest absolute Gasteiger partial charge is 0.393 e. The van der Waals surface area contributed by atoms with Crippen LogP contribution in [0.2, 0.25) is 0 Å². The zero-order chi connectivity index (χ0) is 13.2. The third-order valence-electron chi connectivity index (χ3n) is 3.90. The molecular formula is C15H17BrN2O. The fraction of sp³-hybridized carbons (Fsp3) is 0.400. The summed E-state index contributed by atoms with van der Waals surface area (Å²) in [6.07, 6.45) is 4.82. The Kier molecular flexibility index (Phi) is 3.71. The van der Waals surface area contributed by atoms with Crippen molar-refractivity contribution in [1.29, 1.82) is 0 Å². The highest BCUT2D eigenvalue weighted by Crippen LogP contribution is 2.29. The van der Waals surface area contributed by atoms with E-state index < -0.39 is 0 Å². The molecular weight excluding hydrogens is 304 g/mol. The molecule has 3 nitrogen and oxygen atoms in total. The van der Waals surface area contributed by atoms with E-state index in [1.165, 1.54) is 0 Å². The van der Waals surface area contributed by atoms with E-state index in [4.69, 9.17) is 0 Å². The molecule has 0 aliphatic heterocycles. The van der Waals surface area contributed by atoms with Crippen molar-refractivity contribution >= 4 is 32.5 Å². The highest BCUT2D eigenvalue weighted by Gasteiger charge is 2.24. The summed E-state index contributed by atoms with van der Waals surface area (Å²) in [6.45, 7) is 0.791. The fourth-order valence-corrected chi connectivity index (χ4v) is 3.29. The SMILES string of the molecule is OC1CCCC1CNc1nccc2c(Br)cccc12. The van der Waals surface area contributed by atoms with Gasteiger partial charge in [-0.15, -0.1) is 0 Å². The van der Waals surface area contributed by atoms with E-state index in [0.29, 0.717) is 5.92 Å². The number of rotatable bonds is 3. The minimum atomic E-state index is -0.158. The number of hydrogen-bond donors (Lipinski definition) is 2. The minimum absolute atomic E-state index is 0.158. The third-order valence-corrected chi connectivity index (χ3v) is 4.60. The van der Waals surface area contributed by atoms with Crippen LogP contribution in [0.1, 0.15) is 19.3 Å². The second-order valence-corrected chi connectivity index (χ2v) is 5.99. The van der Waals surface area contributed by atoms with Gasteiger partial charge in [-0.3, -0.25) is 0 Å². The zero-order valence-corrected chi connectivity index (χ0v) is 12.2. The van der Waals surface area contributed by atoms with Gasteiger partial charge in [0.1, 0.15) is 5.82 Å². The maximum Gasteiger partial charge on any atom is 0.133 e. The van der Waals surface area contributed by atoms with Crippen LogP contribution in [0.25, 0.3) is 10.8 Å². The van der Waals surface area contributed by atoms with Crippen LogP contribution in [0.15, 0.2) is 34.9 Å². The summed E-state index contributed by atoms with van der Waals surface area (Å²) >= 11 is 3.56. The lowest BCUT2D eigenvalue weighted by atomic mass is 10.1. The molecule has 3 rings (SSSR count). The quantitative estimate of drug-likeness (QED) is 0.908. The predicted octanol–water partition coefficient (Wildman–Crippen LogP) is 3.57. The van der Waals surface area contributed by atoms with Gasteiger partial charge >= 0.3 is 0 Å². The van der Waals surface area contributed by atoms with Gasteiger partial charge in [0.25, 0.3) is 0 Å². The maximum absolute atomic E-state index is 9.86. The molecule has 1 aromatic heterocycles. The fourth-order valence-electron chi connectivity index (χ4n) is 2.79. The second-order valence-electron chi connectivity index (χ2n) is 5.13. The van der Waals surface area contributed by atoms with E-state index in [-0.39, 0.29) is 6.10 Å². The summed E-state index contributed by atoms with van der Waals surface area (Å²) in [7, 11) is 0. The van der Waals surface area contributed by atoms with E-state index >= 15 is 0 Å². The molecule has 1 aromatic carbocycles. The Hall–Kier alpha value is -1.13. The molecule has 2 unspecified atom stereocenters. The number of aromatic nitrogens is 1. The van der Waals surface area contributed by atoms with E-state index in [2.05, 4.69) is 32.3 Å². The molecule has 4 heteroatoms. The molecule has 2 N–H and O–H groups in total. The summed E-state index contributed by atoms with van der Waals surface area (Å²) in [5, 5.41) is 15.5. The molecule has 0 saturated heterocycles. The number of benzene rings is 1. The van der Waals surface area contributed by atoms with Crippen LogP contribution < -0.4 is 5.32 Å². The zero-order valence-electron chi connectivity index (χ0n) is 10.6. The third kappa shape index (κ3) is 2.60. The highest BCUT2D eigenvalue weighted by atomic mass is 79.9. The number of anilines is 1. The van der Waals surface area contributed by atoms with Crippen molar-refractivity contribution in [2.45, 2.75) is 25.4 Å². The van der Waals surface area contributed by atoms with Gasteiger partial charge in [0.05, 0.1) is 6.10 Å². The van der Waals surface area contributed by atoms with E-state index in [0.717, 1.165) is 46.9 Å². The van der Waals surface area contributed by atoms with Crippen molar-refractivity contribution in [3.63, 3.8) is 0 Å². The van der Waals surface area contributed by atoms with Crippen LogP contribution in [0.3, 0.4) is 0 Å². The molecule has 19 heavy (non-hydrogen) atoms. The Balaban J connectivity index is 1.83. The van der Waals surface area contributed by atoms with Crippen molar-refractivity contribution in [2.24, 2.45) is 5.92 Å². The van der Waals surface area contributed by atoms with Crippen LogP contribution in [-0.4, -0.2) is 22.7 Å². The van der Waals surface area contributed by atoms with Gasteiger partial charge in [-0.25, -0.2) is 4.98 Å². The summed E-state index contributed by atoms with van der Waals surface area (Å²) in [4.78, 5) is 4.42. The van der Waals surface area contributed by atoms with Crippen LogP contribution in [0.4, 0.5) is 5.82 Å². The Morgan fingerprint density at radius 2 is 2.16 bits per heavy atom. The van der Waals surface area contributed by atoms with Crippen LogP contribution >= 0.6 is 15.9 Å². The second kappa shape index (κ2) is 5.47. The van der Waals surface area contributed by atoms with Crippen LogP contribution in [-0.2, 0) is 0 Å². The summed E-state index contributed by atoms with van der Waals surface area (Å²) in [6, 6.07) is 8.13. The van der Waals surface area contributed by atoms with Gasteiger partial charge in [0, 0.05) is 33.9 Å². The van der Waals surface area contributed by atoms with Crippen molar-refractivity contribution in [1.82, 2.24) is 4.98 Å². The first-order valence-electron chi connectivity index (χ1n) is 6.71. The van der Waals surface area contributed by atoms with Crippen molar-refractivity contribution < 1.29 is 5.11 Å². The summed E-state index contributed by atoms with van der Waals surface area (Å²) in [5.74, 6) is 1.25. The monoisotopic (exact) mass is 320 g/mol. The van der Waals surface area contributed by atoms with Gasteiger partial charge in [-0.1, -0.05) is 34.5 Å². The molecule has 100 valence electrons. The molecule has 1 saturated carbocycles. The molecule has 0 amide bonds. The first-order chi connectivity index (χ1) is 9.25. The first-order valence-corrected chi connectivity index (χ1v) is 7.50. The normalized spacial score (nSPS) is 22.8. The molecule has 0 bridgehead atoms. The van der Waals surface area contributed by atoms with E-state index in [9.17, 15) is 5.11 Å². The highest BCUT2D eigenvalue weighted by molar-refractivity contribution is 9.10. The lowest BCUT2D eigenvalue weighted by Crippen LogP contribution is -2.22. The predicted molar refractivity (Wildman–Crippen MR) is 81.3 cm³/mol. The van der Waals surface area contributed by atoms with Crippen LogP contribution in [0.5, 0.6) is 0 Å². The van der Waals surface area contributed by atoms with E-state index in [1.54, 1.807) is 0 Å². The Labute approximate surface area is 121 Å². The van der Waals surface area contributed by atoms with Gasteiger partial charge in [0.2, 0.25) is 0 Å². The standard InChI is InChI=1S/C15H17BrN2O/c16-13-5-2-4-12-11(13)7-8-17-15(12)18-9-10-3-1-6-14(10)19/h2,4-5,7-8,10,14,19H,1,3,6,9H2,(H,17,18). The van der Waals surface area contributed by atoms with Crippen LogP contribution in [0, 0.1) is 5.92 Å². The Morgan fingerprint density at radius 1 is 1.26 bits per heavy atom. The number of nitrogens with one attached hydrogen (secondary N) is 1. The number of halogens is 1. The molecule has 1 aliphatic rings. The molecule has 1 heterocycles. The summed E-state index contributed by atoms with van der Waals surface area (Å²) < 4.78 is 1.08. The van der Waals surface area contributed by atoms with E-state index in [1.807, 2.05) is 24.4 Å². The number of nitrogens with zero attached hydrogens (tertiary/aromatic N) is 1. The van der Waals surface area contributed by atoms with Crippen molar-refractivity contribution in [3.05, 3.63) is 34.9 Å². The molecule has 0 radical (unpaired) electrons. The Morgan fingerprint density at radius 3 is 2.95 bits per heavy atom. The average Bonchev–Trinajstić information content (AvgIpc) is 2.82. The lowest BCUT2D eigenvalue weighted by molar-refractivity contribution is 0.138. The number of aliphatic hydroxyl groups excluding tert-OH is 1. The van der Waals surface area contributed by atoms with Gasteiger partial charge in [0.15, 0.2) is 0 Å². The number of aliphatic hydroxyl groups is 1. The van der Waals surface area contributed by atoms with Crippen molar-refractivity contribution in [2.75, 3.05) is 11.9 Å². The topological polar surface area (TPSA) is 45.1 Å². The molecule has 0 spiro atoms. The minimum Gasteiger partial charge on any atom is -0.393 e. The average molecular weight is 321 g/mol. The molecule has 2 atom stereocenters. The smallest absolute Gasteiger partial charge is 0.133 e. The molecule has 1 fully saturated rings. The maximum atomic E-state index is 9.86. The first kappa shape index (κ1) is 12.9. The summed E-state index contributed by atoms with van der Waals surface area (Å²) in [5.41, 5.74) is 0. The molecule has 1 aliphatic carbocycles. The number of fused-ring (bicyclic) bond motifs is 1. The molecule has 2 aromatic rings. The van der Waals surface area contributed by atoms with Gasteiger partial charge in [-0.05, 0) is 25.0 Å². The number of pyridine rings is 1. The van der Waals surface area contributed by atoms with Gasteiger partial charge < -0.3 is 10.4 Å². The number of hydrogen-bond acceptors (Lipinski definition) is 3. The lowest BCUT2D eigenvalue weighted by Gasteiger charge is -2.16. The van der Waals surface area contributed by atoms with Crippen molar-refractivity contribution in [3.8, 4) is 0 Å².